The van der Waals surface area contributed by atoms with Crippen LogP contribution in [0, 0.1) is 16.7 Å². The molecular formula is C14H24O3. The van der Waals surface area contributed by atoms with Crippen LogP contribution < -0.4 is 0 Å². The summed E-state index contributed by atoms with van der Waals surface area (Å²) in [5.74, 6) is 0.798. The average molecular weight is 240 g/mol. The van der Waals surface area contributed by atoms with Crippen LogP contribution in [-0.2, 0) is 14.3 Å². The molecule has 3 atom stereocenters. The minimum atomic E-state index is 0.0386. The zero-order chi connectivity index (χ0) is 12.7. The molecule has 0 aromatic carbocycles. The molecule has 0 heterocycles. The molecular weight excluding hydrogens is 216 g/mol. The normalized spacial score (nSPS) is 38.6. The van der Waals surface area contributed by atoms with Crippen molar-refractivity contribution in [2.24, 2.45) is 16.7 Å². The summed E-state index contributed by atoms with van der Waals surface area (Å²) in [4.78, 5) is 11.4. The van der Waals surface area contributed by atoms with Gasteiger partial charge in [-0.15, -0.1) is 0 Å². The molecule has 0 saturated heterocycles. The third-order valence-electron chi connectivity index (χ3n) is 5.46. The Balaban J connectivity index is 1.94. The second-order valence-electron chi connectivity index (χ2n) is 6.38. The molecule has 98 valence electrons. The summed E-state index contributed by atoms with van der Waals surface area (Å²) in [5, 5.41) is 0. The van der Waals surface area contributed by atoms with Crippen molar-refractivity contribution in [3.63, 3.8) is 0 Å². The first-order chi connectivity index (χ1) is 7.91. The van der Waals surface area contributed by atoms with Crippen molar-refractivity contribution >= 4 is 5.78 Å². The highest BCUT2D eigenvalue weighted by molar-refractivity contribution is 5.80. The SMILES string of the molecule is COCC(=O)COC1CC2CCC1(C)C2(C)C. The fourth-order valence-corrected chi connectivity index (χ4v) is 3.78. The second-order valence-corrected chi connectivity index (χ2v) is 6.38. The number of hydrogen-bond donors (Lipinski definition) is 0. The van der Waals surface area contributed by atoms with Crippen LogP contribution in [0.25, 0.3) is 0 Å². The van der Waals surface area contributed by atoms with Crippen LogP contribution in [0.3, 0.4) is 0 Å². The van der Waals surface area contributed by atoms with Crippen molar-refractivity contribution in [1.29, 1.82) is 0 Å². The Hall–Kier alpha value is -0.410. The van der Waals surface area contributed by atoms with Gasteiger partial charge in [-0.1, -0.05) is 20.8 Å². The molecule has 0 aromatic heterocycles. The molecule has 3 unspecified atom stereocenters. The zero-order valence-corrected chi connectivity index (χ0v) is 11.4. The van der Waals surface area contributed by atoms with Crippen LogP contribution in [0.15, 0.2) is 0 Å². The number of fused-ring (bicyclic) bond motifs is 2. The van der Waals surface area contributed by atoms with Crippen LogP contribution >= 0.6 is 0 Å². The van der Waals surface area contributed by atoms with E-state index in [1.807, 2.05) is 0 Å². The molecule has 2 aliphatic carbocycles. The Morgan fingerprint density at radius 1 is 1.29 bits per heavy atom. The van der Waals surface area contributed by atoms with Gasteiger partial charge in [0.25, 0.3) is 0 Å². The predicted octanol–water partition coefficient (Wildman–Crippen LogP) is 2.43. The Morgan fingerprint density at radius 2 is 2.00 bits per heavy atom. The molecule has 17 heavy (non-hydrogen) atoms. The van der Waals surface area contributed by atoms with Crippen molar-refractivity contribution in [1.82, 2.24) is 0 Å². The quantitative estimate of drug-likeness (QED) is 0.740. The van der Waals surface area contributed by atoms with Crippen LogP contribution in [0.1, 0.15) is 40.0 Å². The van der Waals surface area contributed by atoms with Crippen LogP contribution in [-0.4, -0.2) is 32.2 Å². The Bertz CT molecular complexity index is 311. The molecule has 2 fully saturated rings. The summed E-state index contributed by atoms with van der Waals surface area (Å²) in [6, 6.07) is 0. The number of rotatable bonds is 5. The molecule has 0 spiro atoms. The number of ether oxygens (including phenoxy) is 2. The van der Waals surface area contributed by atoms with Crippen molar-refractivity contribution in [2.75, 3.05) is 20.3 Å². The molecule has 3 nitrogen and oxygen atoms in total. The zero-order valence-electron chi connectivity index (χ0n) is 11.4. The molecule has 0 radical (unpaired) electrons. The lowest BCUT2D eigenvalue weighted by Crippen LogP contribution is -2.38. The van der Waals surface area contributed by atoms with E-state index in [-0.39, 0.29) is 30.5 Å². The van der Waals surface area contributed by atoms with E-state index in [1.54, 1.807) is 7.11 Å². The van der Waals surface area contributed by atoms with E-state index >= 15 is 0 Å². The fourth-order valence-electron chi connectivity index (χ4n) is 3.78. The van der Waals surface area contributed by atoms with Crippen molar-refractivity contribution in [3.05, 3.63) is 0 Å². The standard InChI is InChI=1S/C14H24O3/c1-13(2)10-5-6-14(13,3)12(7-10)17-9-11(15)8-16-4/h10,12H,5-9H2,1-4H3. The topological polar surface area (TPSA) is 35.5 Å². The molecule has 2 rings (SSSR count). The maximum Gasteiger partial charge on any atom is 0.183 e. The summed E-state index contributed by atoms with van der Waals surface area (Å²) in [6.45, 7) is 7.40. The third-order valence-corrected chi connectivity index (χ3v) is 5.46. The number of Topliss-reactive ketones (excluding diaryl/α,β-unsaturated/α-hetero) is 1. The first-order valence-electron chi connectivity index (χ1n) is 6.54. The lowest BCUT2D eigenvalue weighted by Gasteiger charge is -2.38. The maximum atomic E-state index is 11.4. The summed E-state index contributed by atoms with van der Waals surface area (Å²) in [5.41, 5.74) is 0.590. The highest BCUT2D eigenvalue weighted by Crippen LogP contribution is 2.66. The monoisotopic (exact) mass is 240 g/mol. The van der Waals surface area contributed by atoms with Gasteiger partial charge in [0, 0.05) is 7.11 Å². The number of carbonyl (C=O) groups is 1. The number of ketones is 1. The van der Waals surface area contributed by atoms with Gasteiger partial charge in [0.05, 0.1) is 6.10 Å². The molecule has 0 aromatic rings. The van der Waals surface area contributed by atoms with Gasteiger partial charge in [-0.05, 0) is 36.0 Å². The van der Waals surface area contributed by atoms with Crippen LogP contribution in [0.5, 0.6) is 0 Å². The van der Waals surface area contributed by atoms with Crippen LogP contribution in [0.4, 0.5) is 0 Å². The van der Waals surface area contributed by atoms with Crippen molar-refractivity contribution in [2.45, 2.75) is 46.1 Å². The van der Waals surface area contributed by atoms with Crippen molar-refractivity contribution < 1.29 is 14.3 Å². The van der Waals surface area contributed by atoms with Gasteiger partial charge < -0.3 is 9.47 Å². The van der Waals surface area contributed by atoms with E-state index in [0.29, 0.717) is 5.41 Å². The largest absolute Gasteiger partial charge is 0.377 e. The van der Waals surface area contributed by atoms with Gasteiger partial charge in [0.2, 0.25) is 0 Å². The Kier molecular flexibility index (Phi) is 3.34. The summed E-state index contributed by atoms with van der Waals surface area (Å²) < 4.78 is 10.7. The average Bonchev–Trinajstić information content (AvgIpc) is 2.59. The highest BCUT2D eigenvalue weighted by atomic mass is 16.5. The number of hydrogen-bond acceptors (Lipinski definition) is 3. The molecule has 3 heteroatoms. The second kappa shape index (κ2) is 4.36. The predicted molar refractivity (Wildman–Crippen MR) is 65.9 cm³/mol. The lowest BCUT2D eigenvalue weighted by molar-refractivity contribution is -0.133. The number of carbonyl (C=O) groups excluding carboxylic acids is 1. The molecule has 2 aliphatic rings. The van der Waals surface area contributed by atoms with Gasteiger partial charge in [-0.25, -0.2) is 0 Å². The first kappa shape index (κ1) is 13.0. The Labute approximate surface area is 104 Å². The number of methoxy groups -OCH3 is 1. The summed E-state index contributed by atoms with van der Waals surface area (Å²) >= 11 is 0. The van der Waals surface area contributed by atoms with Gasteiger partial charge in [-0.3, -0.25) is 4.79 Å². The minimum absolute atomic E-state index is 0.0386. The van der Waals surface area contributed by atoms with Gasteiger partial charge >= 0.3 is 0 Å². The smallest absolute Gasteiger partial charge is 0.183 e. The van der Waals surface area contributed by atoms with E-state index in [4.69, 9.17) is 9.47 Å². The third kappa shape index (κ3) is 1.93. The van der Waals surface area contributed by atoms with Crippen molar-refractivity contribution in [3.8, 4) is 0 Å². The van der Waals surface area contributed by atoms with Crippen LogP contribution in [0.2, 0.25) is 0 Å². The fraction of sp³-hybridized carbons (Fsp3) is 0.929. The molecule has 0 amide bonds. The minimum Gasteiger partial charge on any atom is -0.377 e. The maximum absolute atomic E-state index is 11.4. The lowest BCUT2D eigenvalue weighted by atomic mass is 9.70. The van der Waals surface area contributed by atoms with E-state index in [9.17, 15) is 4.79 Å². The van der Waals surface area contributed by atoms with E-state index in [0.717, 1.165) is 12.3 Å². The summed E-state index contributed by atoms with van der Waals surface area (Å²) in [7, 11) is 1.54. The molecule has 0 N–H and O–H groups in total. The molecule has 2 bridgehead atoms. The molecule has 2 saturated carbocycles. The van der Waals surface area contributed by atoms with Gasteiger partial charge in [0.1, 0.15) is 13.2 Å². The van der Waals surface area contributed by atoms with E-state index in [1.165, 1.54) is 12.8 Å². The van der Waals surface area contributed by atoms with Gasteiger partial charge in [0.15, 0.2) is 5.78 Å². The first-order valence-corrected chi connectivity index (χ1v) is 6.54. The van der Waals surface area contributed by atoms with E-state index < -0.39 is 0 Å². The highest BCUT2D eigenvalue weighted by Gasteiger charge is 2.61. The van der Waals surface area contributed by atoms with E-state index in [2.05, 4.69) is 20.8 Å². The molecule has 0 aliphatic heterocycles. The Morgan fingerprint density at radius 3 is 2.47 bits per heavy atom. The van der Waals surface area contributed by atoms with Gasteiger partial charge in [-0.2, -0.15) is 0 Å². The summed E-state index contributed by atoms with van der Waals surface area (Å²) in [6.07, 6.45) is 3.91.